The number of benzene rings is 1. The first-order valence-corrected chi connectivity index (χ1v) is 7.55. The van der Waals surface area contributed by atoms with E-state index in [1.54, 1.807) is 0 Å². The minimum absolute atomic E-state index is 0.0714. The molecule has 0 aromatic heterocycles. The molecule has 0 spiro atoms. The van der Waals surface area contributed by atoms with Gasteiger partial charge in [0.2, 0.25) is 5.91 Å². The number of aliphatic hydroxyl groups excluding tert-OH is 1. The molecule has 0 unspecified atom stereocenters. The summed E-state index contributed by atoms with van der Waals surface area (Å²) in [5.74, 6) is 0.0714. The molecule has 0 radical (unpaired) electrons. The Bertz CT molecular complexity index is 534. The molecule has 5 heteroatoms. The van der Waals surface area contributed by atoms with Gasteiger partial charge in [0.25, 0.3) is 0 Å². The molecule has 2 heterocycles. The Hall–Kier alpha value is -1.43. The van der Waals surface area contributed by atoms with Gasteiger partial charge in [-0.05, 0) is 37.4 Å². The number of piperidine rings is 1. The van der Waals surface area contributed by atoms with Gasteiger partial charge in [0.15, 0.2) is 0 Å². The first-order chi connectivity index (χ1) is 10.1. The molecule has 3 rings (SSSR count). The predicted octanol–water partition coefficient (Wildman–Crippen LogP) is 0.395. The smallest absolute Gasteiger partial charge is 0.241 e. The lowest BCUT2D eigenvalue weighted by Crippen LogP contribution is -2.53. The lowest BCUT2D eigenvalue weighted by atomic mass is 9.94. The molecule has 5 nitrogen and oxygen atoms in total. The summed E-state index contributed by atoms with van der Waals surface area (Å²) >= 11 is 0. The summed E-state index contributed by atoms with van der Waals surface area (Å²) in [4.78, 5) is 16.3. The van der Waals surface area contributed by atoms with Gasteiger partial charge >= 0.3 is 0 Å². The lowest BCUT2D eigenvalue weighted by molar-refractivity contribution is -0.122. The van der Waals surface area contributed by atoms with Crippen LogP contribution in [0.2, 0.25) is 0 Å². The molecule has 2 aliphatic rings. The maximum absolute atomic E-state index is 12.5. The standard InChI is InChI=1S/C16H22N2O3/c19-12-16(21)7-3-8-17(11-16)10-15(20)18-9-6-13-4-1-2-5-14(13)18/h1-2,4-5,19,21H,3,6-12H2/t16-/m0/s1. The molecule has 0 saturated carbocycles. The molecule has 0 aliphatic carbocycles. The van der Waals surface area contributed by atoms with Gasteiger partial charge in [-0.1, -0.05) is 18.2 Å². The average Bonchev–Trinajstić information content (AvgIpc) is 2.91. The molecule has 0 bridgehead atoms. The second-order valence-electron chi connectivity index (χ2n) is 6.12. The number of hydrogen-bond acceptors (Lipinski definition) is 4. The maximum Gasteiger partial charge on any atom is 0.241 e. The van der Waals surface area contributed by atoms with Crippen molar-refractivity contribution in [2.24, 2.45) is 0 Å². The highest BCUT2D eigenvalue weighted by molar-refractivity contribution is 5.96. The third kappa shape index (κ3) is 2.95. The number of likely N-dealkylation sites (tertiary alicyclic amines) is 1. The van der Waals surface area contributed by atoms with Crippen LogP contribution in [-0.2, 0) is 11.2 Å². The first-order valence-electron chi connectivity index (χ1n) is 7.55. The van der Waals surface area contributed by atoms with Crippen molar-refractivity contribution < 1.29 is 15.0 Å². The second-order valence-corrected chi connectivity index (χ2v) is 6.12. The van der Waals surface area contributed by atoms with Crippen LogP contribution in [0.5, 0.6) is 0 Å². The Kier molecular flexibility index (Phi) is 3.97. The number of amides is 1. The maximum atomic E-state index is 12.5. The largest absolute Gasteiger partial charge is 0.393 e. The van der Waals surface area contributed by atoms with Crippen LogP contribution >= 0.6 is 0 Å². The molecule has 1 aromatic carbocycles. The summed E-state index contributed by atoms with van der Waals surface area (Å²) < 4.78 is 0. The monoisotopic (exact) mass is 290 g/mol. The van der Waals surface area contributed by atoms with Crippen LogP contribution in [-0.4, -0.2) is 59.4 Å². The molecule has 1 amide bonds. The van der Waals surface area contributed by atoms with Crippen molar-refractivity contribution in [2.75, 3.05) is 37.7 Å². The third-order valence-corrected chi connectivity index (χ3v) is 4.48. The number of fused-ring (bicyclic) bond motifs is 1. The summed E-state index contributed by atoms with van der Waals surface area (Å²) in [5.41, 5.74) is 1.18. The summed E-state index contributed by atoms with van der Waals surface area (Å²) in [5, 5.41) is 19.4. The van der Waals surface area contributed by atoms with Crippen molar-refractivity contribution in [3.63, 3.8) is 0 Å². The lowest BCUT2D eigenvalue weighted by Gasteiger charge is -2.38. The first kappa shape index (κ1) is 14.5. The summed E-state index contributed by atoms with van der Waals surface area (Å²) in [6.45, 7) is 1.95. The third-order valence-electron chi connectivity index (χ3n) is 4.48. The van der Waals surface area contributed by atoms with Crippen molar-refractivity contribution in [2.45, 2.75) is 24.9 Å². The number of para-hydroxylation sites is 1. The number of β-amino-alcohol motifs (C(OH)–C–C–N with tert-alkyl or cyclic N) is 1. The van der Waals surface area contributed by atoms with Crippen molar-refractivity contribution in [1.29, 1.82) is 0 Å². The van der Waals surface area contributed by atoms with E-state index in [-0.39, 0.29) is 12.5 Å². The van der Waals surface area contributed by atoms with Gasteiger partial charge in [-0.3, -0.25) is 9.69 Å². The summed E-state index contributed by atoms with van der Waals surface area (Å²) in [7, 11) is 0. The summed E-state index contributed by atoms with van der Waals surface area (Å²) in [6, 6.07) is 8.00. The number of carbonyl (C=O) groups excluding carboxylic acids is 1. The van der Waals surface area contributed by atoms with Crippen LogP contribution in [0.1, 0.15) is 18.4 Å². The van der Waals surface area contributed by atoms with Crippen LogP contribution in [0.3, 0.4) is 0 Å². The van der Waals surface area contributed by atoms with E-state index >= 15 is 0 Å². The number of aliphatic hydroxyl groups is 2. The van der Waals surface area contributed by atoms with Gasteiger partial charge in [-0.2, -0.15) is 0 Å². The van der Waals surface area contributed by atoms with Crippen LogP contribution in [0, 0.1) is 0 Å². The van der Waals surface area contributed by atoms with Gasteiger partial charge in [0.05, 0.1) is 13.2 Å². The van der Waals surface area contributed by atoms with E-state index in [4.69, 9.17) is 0 Å². The van der Waals surface area contributed by atoms with Crippen molar-refractivity contribution >= 4 is 11.6 Å². The van der Waals surface area contributed by atoms with Crippen LogP contribution < -0.4 is 4.90 Å². The number of rotatable bonds is 3. The van der Waals surface area contributed by atoms with Crippen LogP contribution in [0.15, 0.2) is 24.3 Å². The van der Waals surface area contributed by atoms with Gasteiger partial charge < -0.3 is 15.1 Å². The zero-order valence-electron chi connectivity index (χ0n) is 12.2. The Morgan fingerprint density at radius 1 is 1.29 bits per heavy atom. The highest BCUT2D eigenvalue weighted by Gasteiger charge is 2.34. The van der Waals surface area contributed by atoms with Gasteiger partial charge in [0.1, 0.15) is 5.60 Å². The highest BCUT2D eigenvalue weighted by atomic mass is 16.3. The van der Waals surface area contributed by atoms with E-state index in [1.807, 2.05) is 28.0 Å². The molecule has 1 saturated heterocycles. The summed E-state index contributed by atoms with van der Waals surface area (Å²) in [6.07, 6.45) is 2.31. The van der Waals surface area contributed by atoms with E-state index in [0.29, 0.717) is 19.5 Å². The number of hydrogen-bond donors (Lipinski definition) is 2. The van der Waals surface area contributed by atoms with Crippen LogP contribution in [0.25, 0.3) is 0 Å². The molecular weight excluding hydrogens is 268 g/mol. The fourth-order valence-corrected chi connectivity index (χ4v) is 3.34. The van der Waals surface area contributed by atoms with Crippen molar-refractivity contribution in [1.82, 2.24) is 4.90 Å². The Balaban J connectivity index is 1.65. The number of nitrogens with zero attached hydrogens (tertiary/aromatic N) is 2. The quantitative estimate of drug-likeness (QED) is 0.845. The van der Waals surface area contributed by atoms with E-state index in [9.17, 15) is 15.0 Å². The minimum Gasteiger partial charge on any atom is -0.393 e. The Morgan fingerprint density at radius 2 is 2.10 bits per heavy atom. The van der Waals surface area contributed by atoms with E-state index in [1.165, 1.54) is 5.56 Å². The fraction of sp³-hybridized carbons (Fsp3) is 0.562. The molecule has 2 N–H and O–H groups in total. The van der Waals surface area contributed by atoms with E-state index < -0.39 is 5.60 Å². The zero-order valence-corrected chi connectivity index (χ0v) is 12.2. The molecule has 21 heavy (non-hydrogen) atoms. The fourth-order valence-electron chi connectivity index (χ4n) is 3.34. The number of anilines is 1. The predicted molar refractivity (Wildman–Crippen MR) is 80.2 cm³/mol. The van der Waals surface area contributed by atoms with Crippen LogP contribution in [0.4, 0.5) is 5.69 Å². The molecular formula is C16H22N2O3. The molecule has 114 valence electrons. The Labute approximate surface area is 124 Å². The topological polar surface area (TPSA) is 64.0 Å². The SMILES string of the molecule is O=C(CN1CCC[C@@](O)(CO)C1)N1CCc2ccccc21. The average molecular weight is 290 g/mol. The Morgan fingerprint density at radius 3 is 2.90 bits per heavy atom. The van der Waals surface area contributed by atoms with Gasteiger partial charge in [0, 0.05) is 18.8 Å². The van der Waals surface area contributed by atoms with Gasteiger partial charge in [-0.25, -0.2) is 0 Å². The highest BCUT2D eigenvalue weighted by Crippen LogP contribution is 2.28. The van der Waals surface area contributed by atoms with Crippen molar-refractivity contribution in [3.8, 4) is 0 Å². The van der Waals surface area contributed by atoms with Gasteiger partial charge in [-0.15, -0.1) is 0 Å². The normalized spacial score (nSPS) is 25.9. The second kappa shape index (κ2) is 5.75. The van der Waals surface area contributed by atoms with E-state index in [2.05, 4.69) is 6.07 Å². The van der Waals surface area contributed by atoms with E-state index in [0.717, 1.165) is 31.6 Å². The molecule has 1 fully saturated rings. The minimum atomic E-state index is -1.05. The number of carbonyl (C=O) groups is 1. The molecule has 2 aliphatic heterocycles. The zero-order chi connectivity index (χ0) is 14.9. The molecule has 1 aromatic rings. The van der Waals surface area contributed by atoms with Crippen molar-refractivity contribution in [3.05, 3.63) is 29.8 Å². The molecule has 1 atom stereocenters.